The van der Waals surface area contributed by atoms with Gasteiger partial charge in [0.05, 0.1) is 16.3 Å². The van der Waals surface area contributed by atoms with Crippen LogP contribution < -0.4 is 0 Å². The molecule has 3 aromatic rings. The lowest BCUT2D eigenvalue weighted by Gasteiger charge is -2.05. The summed E-state index contributed by atoms with van der Waals surface area (Å²) < 4.78 is 31.1. The van der Waals surface area contributed by atoms with E-state index in [9.17, 15) is 18.6 Å². The number of phenolic OH excluding ortho intramolecular Hbond substituents is 2. The first-order valence-corrected chi connectivity index (χ1v) is 10.1. The molecule has 9 nitrogen and oxygen atoms in total. The summed E-state index contributed by atoms with van der Waals surface area (Å²) >= 11 is 0. The molecular formula is C20H18N4O5S. The third-order valence-electron chi connectivity index (χ3n) is 4.35. The molecule has 10 heteroatoms. The Morgan fingerprint density at radius 3 is 2.10 bits per heavy atom. The van der Waals surface area contributed by atoms with E-state index < -0.39 is 15.9 Å². The summed E-state index contributed by atoms with van der Waals surface area (Å²) in [6.45, 7) is 3.83. The van der Waals surface area contributed by atoms with Crippen LogP contribution in [0.15, 0.2) is 79.9 Å². The molecule has 0 unspecified atom stereocenters. The van der Waals surface area contributed by atoms with Crippen LogP contribution in [0.5, 0.6) is 11.5 Å². The summed E-state index contributed by atoms with van der Waals surface area (Å²) in [4.78, 5) is -0.275. The molecule has 3 N–H and O–H groups in total. The largest absolute Gasteiger partial charge is 0.505 e. The molecule has 154 valence electrons. The smallest absolute Gasteiger partial charge is 0.294 e. The minimum absolute atomic E-state index is 0.0292. The Morgan fingerprint density at radius 2 is 1.43 bits per heavy atom. The van der Waals surface area contributed by atoms with Crippen molar-refractivity contribution < 1.29 is 23.2 Å². The Bertz CT molecular complexity index is 1250. The molecule has 0 aliphatic heterocycles. The van der Waals surface area contributed by atoms with E-state index >= 15 is 0 Å². The SMILES string of the molecule is Cc1cccc(N=Nc2c(O)ccc(N=Nc3ccc(S(=O)(=O)O)cc3)c2O)c1C. The number of aryl methyl sites for hydroxylation is 1. The zero-order chi connectivity index (χ0) is 21.9. The van der Waals surface area contributed by atoms with Gasteiger partial charge in [0.15, 0.2) is 11.4 Å². The van der Waals surface area contributed by atoms with Crippen LogP contribution in [-0.2, 0) is 10.1 Å². The van der Waals surface area contributed by atoms with Gasteiger partial charge in [-0.05, 0) is 67.4 Å². The molecule has 3 aromatic carbocycles. The first-order valence-electron chi connectivity index (χ1n) is 8.69. The number of nitrogens with zero attached hydrogens (tertiary/aromatic N) is 4. The van der Waals surface area contributed by atoms with Crippen LogP contribution in [0.1, 0.15) is 11.1 Å². The molecule has 0 fully saturated rings. The van der Waals surface area contributed by atoms with E-state index in [4.69, 9.17) is 4.55 Å². The molecular weight excluding hydrogens is 408 g/mol. The maximum absolute atomic E-state index is 11.1. The van der Waals surface area contributed by atoms with Gasteiger partial charge < -0.3 is 10.2 Å². The highest BCUT2D eigenvalue weighted by molar-refractivity contribution is 7.85. The number of rotatable bonds is 5. The maximum atomic E-state index is 11.1. The van der Waals surface area contributed by atoms with Gasteiger partial charge in [0, 0.05) is 0 Å². The zero-order valence-electron chi connectivity index (χ0n) is 16.1. The molecule has 0 saturated heterocycles. The van der Waals surface area contributed by atoms with Crippen LogP contribution >= 0.6 is 0 Å². The van der Waals surface area contributed by atoms with E-state index in [-0.39, 0.29) is 27.7 Å². The summed E-state index contributed by atoms with van der Waals surface area (Å²) in [7, 11) is -4.30. The van der Waals surface area contributed by atoms with Crippen molar-refractivity contribution in [1.29, 1.82) is 0 Å². The number of aromatic hydroxyl groups is 2. The van der Waals surface area contributed by atoms with Crippen molar-refractivity contribution in [2.75, 3.05) is 0 Å². The monoisotopic (exact) mass is 426 g/mol. The van der Waals surface area contributed by atoms with Crippen molar-refractivity contribution >= 4 is 32.9 Å². The lowest BCUT2D eigenvalue weighted by molar-refractivity contribution is 0.453. The van der Waals surface area contributed by atoms with E-state index in [2.05, 4.69) is 20.5 Å². The number of phenols is 2. The lowest BCUT2D eigenvalue weighted by Crippen LogP contribution is -1.96. The normalized spacial score (nSPS) is 12.1. The summed E-state index contributed by atoms with van der Waals surface area (Å²) in [5, 5.41) is 36.3. The Kier molecular flexibility index (Phi) is 5.90. The molecule has 0 aromatic heterocycles. The Labute approximate surface area is 172 Å². The minimum atomic E-state index is -4.30. The summed E-state index contributed by atoms with van der Waals surface area (Å²) in [6, 6.07) is 13.2. The highest BCUT2D eigenvalue weighted by atomic mass is 32.2. The van der Waals surface area contributed by atoms with Crippen LogP contribution in [0, 0.1) is 13.8 Å². The number of hydrogen-bond donors (Lipinski definition) is 3. The van der Waals surface area contributed by atoms with Crippen molar-refractivity contribution in [2.45, 2.75) is 18.7 Å². The van der Waals surface area contributed by atoms with Crippen molar-refractivity contribution in [3.63, 3.8) is 0 Å². The molecule has 0 aliphatic rings. The van der Waals surface area contributed by atoms with Gasteiger partial charge in [0.2, 0.25) is 0 Å². The van der Waals surface area contributed by atoms with Crippen LogP contribution in [0.25, 0.3) is 0 Å². The Hall–Kier alpha value is -3.63. The molecule has 0 radical (unpaired) electrons. The van der Waals surface area contributed by atoms with Crippen LogP contribution in [0.4, 0.5) is 22.7 Å². The molecule has 30 heavy (non-hydrogen) atoms. The van der Waals surface area contributed by atoms with Crippen molar-refractivity contribution in [3.8, 4) is 11.5 Å². The van der Waals surface area contributed by atoms with Gasteiger partial charge in [-0.15, -0.1) is 10.2 Å². The number of hydrogen-bond acceptors (Lipinski definition) is 8. The van der Waals surface area contributed by atoms with Crippen molar-refractivity contribution in [1.82, 2.24) is 0 Å². The second kappa shape index (κ2) is 8.39. The molecule has 0 aliphatic carbocycles. The second-order valence-electron chi connectivity index (χ2n) is 6.39. The maximum Gasteiger partial charge on any atom is 0.294 e. The summed E-state index contributed by atoms with van der Waals surface area (Å²) in [5.74, 6) is -0.694. The van der Waals surface area contributed by atoms with Gasteiger partial charge in [-0.1, -0.05) is 12.1 Å². The van der Waals surface area contributed by atoms with E-state index in [1.165, 1.54) is 36.4 Å². The van der Waals surface area contributed by atoms with Gasteiger partial charge in [-0.2, -0.15) is 18.6 Å². The van der Waals surface area contributed by atoms with Gasteiger partial charge in [0.25, 0.3) is 10.1 Å². The molecule has 0 amide bonds. The highest BCUT2D eigenvalue weighted by Gasteiger charge is 2.13. The minimum Gasteiger partial charge on any atom is -0.505 e. The molecule has 3 rings (SSSR count). The molecule has 0 heterocycles. The van der Waals surface area contributed by atoms with E-state index in [1.807, 2.05) is 26.0 Å². The average Bonchev–Trinajstić information content (AvgIpc) is 2.70. The highest BCUT2D eigenvalue weighted by Crippen LogP contribution is 2.44. The molecule has 0 saturated carbocycles. The predicted octanol–water partition coefficient (Wildman–Crippen LogP) is 5.79. The predicted molar refractivity (Wildman–Crippen MR) is 110 cm³/mol. The van der Waals surface area contributed by atoms with Crippen molar-refractivity contribution in [2.24, 2.45) is 20.5 Å². The molecule has 0 spiro atoms. The number of benzene rings is 3. The summed E-state index contributed by atoms with van der Waals surface area (Å²) in [5.41, 5.74) is 2.70. The van der Waals surface area contributed by atoms with Gasteiger partial charge in [-0.25, -0.2) is 0 Å². The van der Waals surface area contributed by atoms with Gasteiger partial charge >= 0.3 is 0 Å². The van der Waals surface area contributed by atoms with Gasteiger partial charge in [-0.3, -0.25) is 4.55 Å². The fraction of sp³-hybridized carbons (Fsp3) is 0.100. The zero-order valence-corrected chi connectivity index (χ0v) is 16.9. The third kappa shape index (κ3) is 4.67. The fourth-order valence-corrected chi connectivity index (χ4v) is 2.96. The van der Waals surface area contributed by atoms with Crippen molar-refractivity contribution in [3.05, 3.63) is 65.7 Å². The second-order valence-corrected chi connectivity index (χ2v) is 7.81. The van der Waals surface area contributed by atoms with Gasteiger partial charge in [0.1, 0.15) is 11.4 Å². The Balaban J connectivity index is 1.90. The first kappa shape index (κ1) is 21.1. The first-order chi connectivity index (χ1) is 14.2. The third-order valence-corrected chi connectivity index (χ3v) is 5.22. The molecule has 0 bridgehead atoms. The van der Waals surface area contributed by atoms with E-state index in [0.717, 1.165) is 11.1 Å². The van der Waals surface area contributed by atoms with Crippen LogP contribution in [-0.4, -0.2) is 23.2 Å². The van der Waals surface area contributed by atoms with E-state index in [0.29, 0.717) is 5.69 Å². The van der Waals surface area contributed by atoms with Crippen LogP contribution in [0.3, 0.4) is 0 Å². The fourth-order valence-electron chi connectivity index (χ4n) is 2.48. The summed E-state index contributed by atoms with van der Waals surface area (Å²) in [6.07, 6.45) is 0. The quantitative estimate of drug-likeness (QED) is 0.349. The standard InChI is InChI=1S/C20H18N4O5S/c1-12-4-3-5-16(13(12)2)22-24-19-18(25)11-10-17(20(19)26)23-21-14-6-8-15(9-7-14)30(27,28)29/h3-11,25-26H,1-2H3,(H,27,28,29). The lowest BCUT2D eigenvalue weighted by atomic mass is 10.1. The molecule has 0 atom stereocenters. The number of azo groups is 2. The average molecular weight is 426 g/mol. The Morgan fingerprint density at radius 1 is 0.767 bits per heavy atom. The van der Waals surface area contributed by atoms with Crippen LogP contribution in [0.2, 0.25) is 0 Å². The topological polar surface area (TPSA) is 144 Å². The van der Waals surface area contributed by atoms with E-state index in [1.54, 1.807) is 6.07 Å².